The predicted molar refractivity (Wildman–Crippen MR) is 56.8 cm³/mol. The Hall–Kier alpha value is -1.28. The molecule has 1 rings (SSSR count). The Morgan fingerprint density at radius 1 is 1.43 bits per heavy atom. The first kappa shape index (κ1) is 10.8. The van der Waals surface area contributed by atoms with Gasteiger partial charge in [0.05, 0.1) is 6.26 Å². The number of hydrogen-bond donors (Lipinski definition) is 1. The molecule has 0 saturated carbocycles. The summed E-state index contributed by atoms with van der Waals surface area (Å²) in [4.78, 5) is 0. The van der Waals surface area contributed by atoms with E-state index in [0.29, 0.717) is 18.6 Å². The van der Waals surface area contributed by atoms with Gasteiger partial charge >= 0.3 is 0 Å². The minimum atomic E-state index is -0.931. The van der Waals surface area contributed by atoms with Crippen molar-refractivity contribution >= 4 is 0 Å². The summed E-state index contributed by atoms with van der Waals surface area (Å²) in [7, 11) is 0. The van der Waals surface area contributed by atoms with E-state index in [-0.39, 0.29) is 0 Å². The zero-order valence-corrected chi connectivity index (χ0v) is 8.28. The Balaban J connectivity index is 2.80. The Bertz CT molecular complexity index is 287. The quantitative estimate of drug-likeness (QED) is 0.703. The van der Waals surface area contributed by atoms with Gasteiger partial charge in [-0.25, -0.2) is 0 Å². The molecular weight excluding hydrogens is 176 g/mol. The third kappa shape index (κ3) is 2.36. The fourth-order valence-corrected chi connectivity index (χ4v) is 1.45. The van der Waals surface area contributed by atoms with E-state index in [9.17, 15) is 5.11 Å². The molecular formula is C12H16O2. The molecule has 1 aromatic rings. The highest BCUT2D eigenvalue weighted by atomic mass is 16.4. The Morgan fingerprint density at radius 2 is 2.21 bits per heavy atom. The Kier molecular flexibility index (Phi) is 3.72. The number of allylic oxidation sites excluding steroid dienone is 1. The van der Waals surface area contributed by atoms with Crippen molar-refractivity contribution in [2.75, 3.05) is 0 Å². The van der Waals surface area contributed by atoms with Gasteiger partial charge in [-0.1, -0.05) is 12.2 Å². The zero-order valence-electron chi connectivity index (χ0n) is 8.28. The molecule has 1 unspecified atom stereocenters. The van der Waals surface area contributed by atoms with Crippen LogP contribution in [0.2, 0.25) is 0 Å². The third-order valence-corrected chi connectivity index (χ3v) is 2.22. The lowest BCUT2D eigenvalue weighted by Crippen LogP contribution is -2.23. The maximum Gasteiger partial charge on any atom is 0.135 e. The van der Waals surface area contributed by atoms with Crippen LogP contribution in [0.3, 0.4) is 0 Å². The highest BCUT2D eigenvalue weighted by Crippen LogP contribution is 2.30. The van der Waals surface area contributed by atoms with Crippen molar-refractivity contribution < 1.29 is 9.52 Å². The molecule has 2 nitrogen and oxygen atoms in total. The van der Waals surface area contributed by atoms with Crippen LogP contribution < -0.4 is 0 Å². The highest BCUT2D eigenvalue weighted by Gasteiger charge is 2.29. The van der Waals surface area contributed by atoms with Gasteiger partial charge in [-0.05, 0) is 25.0 Å². The smallest absolute Gasteiger partial charge is 0.135 e. The molecule has 0 aliphatic carbocycles. The molecule has 0 amide bonds. The molecule has 1 heterocycles. The summed E-state index contributed by atoms with van der Waals surface area (Å²) in [6.45, 7) is 7.27. The van der Waals surface area contributed by atoms with E-state index in [1.165, 1.54) is 0 Å². The second-order valence-electron chi connectivity index (χ2n) is 3.33. The van der Waals surface area contributed by atoms with Gasteiger partial charge in [0.25, 0.3) is 0 Å². The first-order valence-electron chi connectivity index (χ1n) is 4.71. The van der Waals surface area contributed by atoms with Crippen LogP contribution in [0.15, 0.2) is 48.1 Å². The standard InChI is InChI=1S/C12H16O2/c1-3-5-9-12(13,8-4-2)11-7-6-10-14-11/h3-4,6-7,10,13H,1-2,5,8-9H2. The normalized spacial score (nSPS) is 14.6. The van der Waals surface area contributed by atoms with E-state index in [2.05, 4.69) is 13.2 Å². The molecule has 0 aliphatic rings. The number of hydrogen-bond acceptors (Lipinski definition) is 2. The van der Waals surface area contributed by atoms with Gasteiger partial charge in [0.15, 0.2) is 0 Å². The van der Waals surface area contributed by atoms with E-state index >= 15 is 0 Å². The summed E-state index contributed by atoms with van der Waals surface area (Å²) in [6, 6.07) is 3.56. The van der Waals surface area contributed by atoms with Crippen molar-refractivity contribution in [1.29, 1.82) is 0 Å². The van der Waals surface area contributed by atoms with Crippen LogP contribution in [0.1, 0.15) is 25.0 Å². The van der Waals surface area contributed by atoms with Gasteiger partial charge in [0.1, 0.15) is 11.4 Å². The molecule has 0 spiro atoms. The van der Waals surface area contributed by atoms with Gasteiger partial charge < -0.3 is 9.52 Å². The number of furan rings is 1. The van der Waals surface area contributed by atoms with Gasteiger partial charge in [-0.3, -0.25) is 0 Å². The fourth-order valence-electron chi connectivity index (χ4n) is 1.45. The van der Waals surface area contributed by atoms with Gasteiger partial charge in [-0.2, -0.15) is 0 Å². The summed E-state index contributed by atoms with van der Waals surface area (Å²) in [5.41, 5.74) is -0.931. The molecule has 0 bridgehead atoms. The second kappa shape index (κ2) is 4.82. The molecule has 0 radical (unpaired) electrons. The van der Waals surface area contributed by atoms with E-state index in [0.717, 1.165) is 6.42 Å². The van der Waals surface area contributed by atoms with Crippen molar-refractivity contribution in [1.82, 2.24) is 0 Å². The molecule has 0 aliphatic heterocycles. The molecule has 0 aromatic carbocycles. The molecule has 14 heavy (non-hydrogen) atoms. The number of aliphatic hydroxyl groups is 1. The lowest BCUT2D eigenvalue weighted by molar-refractivity contribution is 0.00989. The topological polar surface area (TPSA) is 33.4 Å². The van der Waals surface area contributed by atoms with Crippen molar-refractivity contribution in [3.8, 4) is 0 Å². The molecule has 0 saturated heterocycles. The summed E-state index contributed by atoms with van der Waals surface area (Å²) in [6.07, 6.45) is 6.91. The highest BCUT2D eigenvalue weighted by molar-refractivity contribution is 5.11. The van der Waals surface area contributed by atoms with Crippen LogP contribution >= 0.6 is 0 Å². The Labute approximate surface area is 84.6 Å². The van der Waals surface area contributed by atoms with Crippen LogP contribution in [0.5, 0.6) is 0 Å². The average molecular weight is 192 g/mol. The first-order chi connectivity index (χ1) is 6.73. The summed E-state index contributed by atoms with van der Waals surface area (Å²) in [5, 5.41) is 10.3. The van der Waals surface area contributed by atoms with Crippen LogP contribution in [-0.4, -0.2) is 5.11 Å². The summed E-state index contributed by atoms with van der Waals surface area (Å²) >= 11 is 0. The fraction of sp³-hybridized carbons (Fsp3) is 0.333. The minimum Gasteiger partial charge on any atom is -0.466 e. The maximum atomic E-state index is 10.3. The van der Waals surface area contributed by atoms with Crippen molar-refractivity contribution in [3.63, 3.8) is 0 Å². The SMILES string of the molecule is C=CCCC(O)(CC=C)c1ccco1. The summed E-state index contributed by atoms with van der Waals surface area (Å²) in [5.74, 6) is 0.597. The van der Waals surface area contributed by atoms with Crippen LogP contribution in [-0.2, 0) is 5.60 Å². The van der Waals surface area contributed by atoms with E-state index in [4.69, 9.17) is 4.42 Å². The van der Waals surface area contributed by atoms with E-state index < -0.39 is 5.60 Å². The number of rotatable bonds is 6. The minimum absolute atomic E-state index is 0.494. The molecule has 0 fully saturated rings. The van der Waals surface area contributed by atoms with Crippen molar-refractivity contribution in [3.05, 3.63) is 49.5 Å². The molecule has 2 heteroatoms. The largest absolute Gasteiger partial charge is 0.466 e. The zero-order chi connectivity index (χ0) is 10.4. The lowest BCUT2D eigenvalue weighted by Gasteiger charge is -2.23. The average Bonchev–Trinajstić information content (AvgIpc) is 2.68. The van der Waals surface area contributed by atoms with Gasteiger partial charge in [-0.15, -0.1) is 13.2 Å². The van der Waals surface area contributed by atoms with E-state index in [1.54, 1.807) is 30.5 Å². The van der Waals surface area contributed by atoms with E-state index in [1.807, 2.05) is 0 Å². The molecule has 1 aromatic heterocycles. The predicted octanol–water partition coefficient (Wildman–Crippen LogP) is 3.01. The monoisotopic (exact) mass is 192 g/mol. The van der Waals surface area contributed by atoms with Crippen LogP contribution in [0.25, 0.3) is 0 Å². The van der Waals surface area contributed by atoms with Crippen molar-refractivity contribution in [2.45, 2.75) is 24.9 Å². The second-order valence-corrected chi connectivity index (χ2v) is 3.33. The van der Waals surface area contributed by atoms with Crippen LogP contribution in [0, 0.1) is 0 Å². The molecule has 1 atom stereocenters. The van der Waals surface area contributed by atoms with Gasteiger partial charge in [0.2, 0.25) is 0 Å². The molecule has 76 valence electrons. The molecule has 1 N–H and O–H groups in total. The van der Waals surface area contributed by atoms with Crippen LogP contribution in [0.4, 0.5) is 0 Å². The maximum absolute atomic E-state index is 10.3. The van der Waals surface area contributed by atoms with Gasteiger partial charge in [0, 0.05) is 6.42 Å². The van der Waals surface area contributed by atoms with Crippen molar-refractivity contribution in [2.24, 2.45) is 0 Å². The lowest BCUT2D eigenvalue weighted by atomic mass is 9.91. The third-order valence-electron chi connectivity index (χ3n) is 2.22. The summed E-state index contributed by atoms with van der Waals surface area (Å²) < 4.78 is 5.22. The Morgan fingerprint density at radius 3 is 2.71 bits per heavy atom. The first-order valence-corrected chi connectivity index (χ1v) is 4.71.